The van der Waals surface area contributed by atoms with Crippen molar-refractivity contribution in [2.45, 2.75) is 20.0 Å². The summed E-state index contributed by atoms with van der Waals surface area (Å²) >= 11 is 6.20. The lowest BCUT2D eigenvalue weighted by Gasteiger charge is -2.12. The van der Waals surface area contributed by atoms with Gasteiger partial charge in [-0.3, -0.25) is 4.79 Å². The van der Waals surface area contributed by atoms with Crippen molar-refractivity contribution in [1.29, 1.82) is 5.26 Å². The van der Waals surface area contributed by atoms with E-state index in [0.29, 0.717) is 39.9 Å². The molecule has 0 aromatic heterocycles. The van der Waals surface area contributed by atoms with Crippen LogP contribution in [0.5, 0.6) is 11.5 Å². The average Bonchev–Trinajstić information content (AvgIpc) is 2.70. The van der Waals surface area contributed by atoms with Crippen molar-refractivity contribution in [3.63, 3.8) is 0 Å². The van der Waals surface area contributed by atoms with Gasteiger partial charge in [0.25, 0.3) is 5.91 Å². The van der Waals surface area contributed by atoms with Crippen LogP contribution in [0.3, 0.4) is 0 Å². The summed E-state index contributed by atoms with van der Waals surface area (Å²) in [4.78, 5) is 17.4. The summed E-state index contributed by atoms with van der Waals surface area (Å²) in [6.45, 7) is 3.85. The van der Waals surface area contributed by atoms with Crippen LogP contribution >= 0.6 is 11.6 Å². The number of carbonyl (C=O) groups is 1. The number of methoxy groups -OCH3 is 1. The highest BCUT2D eigenvalue weighted by atomic mass is 35.5. The predicted octanol–water partition coefficient (Wildman–Crippen LogP) is 4.00. The van der Waals surface area contributed by atoms with Gasteiger partial charge in [-0.25, -0.2) is 0 Å². The van der Waals surface area contributed by atoms with E-state index in [2.05, 4.69) is 10.5 Å². The number of carbonyl (C=O) groups excluding carboxylic acids is 1. The monoisotopic (exact) mass is 401 g/mol. The van der Waals surface area contributed by atoms with E-state index in [9.17, 15) is 4.79 Å². The zero-order valence-electron chi connectivity index (χ0n) is 15.7. The number of hydrogen-bond donors (Lipinski definition) is 1. The van der Waals surface area contributed by atoms with Gasteiger partial charge < -0.3 is 19.6 Å². The lowest BCUT2D eigenvalue weighted by atomic mass is 10.2. The van der Waals surface area contributed by atoms with Gasteiger partial charge in [0.05, 0.1) is 36.2 Å². The average molecular weight is 402 g/mol. The largest absolute Gasteiger partial charge is 0.493 e. The molecule has 0 aliphatic heterocycles. The molecule has 2 rings (SSSR count). The zero-order chi connectivity index (χ0) is 20.5. The minimum absolute atomic E-state index is 0.364. The standard InChI is InChI=1S/C20H20ClN3O4/c1-4-27-19-16(21)9-14(10-18(19)26-3)12-23-28-13(2)20(25)24-17-8-6-5-7-15(17)11-22/h5-10,12-13H,4H2,1-3H3,(H,24,25)/b23-12-/t13-/m1/s1. The number of anilines is 1. The molecule has 7 nitrogen and oxygen atoms in total. The van der Waals surface area contributed by atoms with Gasteiger partial charge in [0.1, 0.15) is 6.07 Å². The molecule has 1 N–H and O–H groups in total. The van der Waals surface area contributed by atoms with Gasteiger partial charge in [0, 0.05) is 5.56 Å². The van der Waals surface area contributed by atoms with Gasteiger partial charge in [-0.05, 0) is 38.1 Å². The number of para-hydroxylation sites is 1. The first-order chi connectivity index (χ1) is 13.5. The Balaban J connectivity index is 2.03. The van der Waals surface area contributed by atoms with E-state index in [1.54, 1.807) is 43.3 Å². The first-order valence-electron chi connectivity index (χ1n) is 8.49. The Morgan fingerprint density at radius 1 is 1.39 bits per heavy atom. The Hall–Kier alpha value is -3.24. The number of nitrogens with one attached hydrogen (secondary N) is 1. The number of rotatable bonds is 8. The SMILES string of the molecule is CCOc1c(Cl)cc(/C=N\O[C@H](C)C(=O)Nc2ccccc2C#N)cc1OC. The molecule has 0 spiro atoms. The molecule has 28 heavy (non-hydrogen) atoms. The molecule has 0 unspecified atom stereocenters. The second-order valence-electron chi connectivity index (χ2n) is 5.60. The molecular formula is C20H20ClN3O4. The van der Waals surface area contributed by atoms with Crippen LogP contribution in [0, 0.1) is 11.3 Å². The summed E-state index contributed by atoms with van der Waals surface area (Å²) in [7, 11) is 1.51. The molecule has 0 aliphatic carbocycles. The van der Waals surface area contributed by atoms with Crippen LogP contribution in [0.25, 0.3) is 0 Å². The molecule has 0 saturated heterocycles. The third kappa shape index (κ3) is 5.38. The molecule has 146 valence electrons. The van der Waals surface area contributed by atoms with Gasteiger partial charge in [-0.1, -0.05) is 28.9 Å². The fourth-order valence-electron chi connectivity index (χ4n) is 2.25. The second kappa shape index (κ2) is 10.2. The molecule has 0 fully saturated rings. The number of oxime groups is 1. The minimum atomic E-state index is -0.872. The molecule has 0 saturated carbocycles. The molecule has 1 atom stereocenters. The van der Waals surface area contributed by atoms with E-state index in [0.717, 1.165) is 0 Å². The number of halogens is 1. The Labute approximate surface area is 168 Å². The summed E-state index contributed by atoms with van der Waals surface area (Å²) in [5.41, 5.74) is 1.40. The number of benzene rings is 2. The van der Waals surface area contributed by atoms with Crippen molar-refractivity contribution in [1.82, 2.24) is 0 Å². The fourth-order valence-corrected chi connectivity index (χ4v) is 2.53. The van der Waals surface area contributed by atoms with E-state index in [4.69, 9.17) is 31.2 Å². The normalized spacial score (nSPS) is 11.5. The van der Waals surface area contributed by atoms with Crippen LogP contribution in [-0.2, 0) is 9.63 Å². The molecule has 0 bridgehead atoms. The molecule has 8 heteroatoms. The topological polar surface area (TPSA) is 92.9 Å². The molecule has 2 aromatic carbocycles. The molecular weight excluding hydrogens is 382 g/mol. The van der Waals surface area contributed by atoms with Crippen LogP contribution < -0.4 is 14.8 Å². The predicted molar refractivity (Wildman–Crippen MR) is 107 cm³/mol. The van der Waals surface area contributed by atoms with Crippen molar-refractivity contribution < 1.29 is 19.1 Å². The summed E-state index contributed by atoms with van der Waals surface area (Å²) in [5.74, 6) is 0.491. The van der Waals surface area contributed by atoms with Crippen molar-refractivity contribution in [2.24, 2.45) is 5.16 Å². The Morgan fingerprint density at radius 3 is 2.82 bits per heavy atom. The molecule has 0 heterocycles. The zero-order valence-corrected chi connectivity index (χ0v) is 16.5. The van der Waals surface area contributed by atoms with Crippen LogP contribution in [0.1, 0.15) is 25.0 Å². The number of nitriles is 1. The van der Waals surface area contributed by atoms with Crippen LogP contribution in [0.15, 0.2) is 41.6 Å². The number of hydrogen-bond acceptors (Lipinski definition) is 6. The van der Waals surface area contributed by atoms with E-state index < -0.39 is 12.0 Å². The van der Waals surface area contributed by atoms with Crippen molar-refractivity contribution in [2.75, 3.05) is 19.0 Å². The van der Waals surface area contributed by atoms with Gasteiger partial charge in [0.2, 0.25) is 6.10 Å². The van der Waals surface area contributed by atoms with Gasteiger partial charge >= 0.3 is 0 Å². The molecule has 0 radical (unpaired) electrons. The van der Waals surface area contributed by atoms with Gasteiger partial charge in [-0.2, -0.15) is 5.26 Å². The highest BCUT2D eigenvalue weighted by molar-refractivity contribution is 6.32. The number of amides is 1. The van der Waals surface area contributed by atoms with Gasteiger partial charge in [0.15, 0.2) is 11.5 Å². The number of ether oxygens (including phenoxy) is 2. The van der Waals surface area contributed by atoms with Crippen LogP contribution in [0.4, 0.5) is 5.69 Å². The Morgan fingerprint density at radius 2 is 2.14 bits per heavy atom. The first kappa shape index (κ1) is 21.1. The van der Waals surface area contributed by atoms with Crippen LogP contribution in [0.2, 0.25) is 5.02 Å². The summed E-state index contributed by atoms with van der Waals surface area (Å²) in [6.07, 6.45) is 0.542. The van der Waals surface area contributed by atoms with E-state index in [1.165, 1.54) is 13.3 Å². The third-order valence-electron chi connectivity index (χ3n) is 3.64. The quantitative estimate of drug-likeness (QED) is 0.533. The summed E-state index contributed by atoms with van der Waals surface area (Å²) in [5, 5.41) is 15.9. The smallest absolute Gasteiger partial charge is 0.268 e. The first-order valence-corrected chi connectivity index (χ1v) is 8.87. The van der Waals surface area contributed by atoms with Crippen molar-refractivity contribution in [3.8, 4) is 17.6 Å². The fraction of sp³-hybridized carbons (Fsp3) is 0.250. The molecule has 0 aliphatic rings. The minimum Gasteiger partial charge on any atom is -0.493 e. The van der Waals surface area contributed by atoms with E-state index in [-0.39, 0.29) is 0 Å². The second-order valence-corrected chi connectivity index (χ2v) is 6.00. The maximum atomic E-state index is 12.2. The lowest BCUT2D eigenvalue weighted by molar-refractivity contribution is -0.126. The summed E-state index contributed by atoms with van der Waals surface area (Å²) in [6, 6.07) is 12.1. The summed E-state index contributed by atoms with van der Waals surface area (Å²) < 4.78 is 10.7. The van der Waals surface area contributed by atoms with Crippen molar-refractivity contribution >= 4 is 29.4 Å². The van der Waals surface area contributed by atoms with Crippen LogP contribution in [-0.4, -0.2) is 31.9 Å². The maximum absolute atomic E-state index is 12.2. The number of nitrogens with zero attached hydrogens (tertiary/aromatic N) is 2. The van der Waals surface area contributed by atoms with E-state index >= 15 is 0 Å². The Kier molecular flexibility index (Phi) is 7.66. The maximum Gasteiger partial charge on any atom is 0.268 e. The van der Waals surface area contributed by atoms with Crippen molar-refractivity contribution in [3.05, 3.63) is 52.5 Å². The third-order valence-corrected chi connectivity index (χ3v) is 3.92. The highest BCUT2D eigenvalue weighted by Gasteiger charge is 2.16. The van der Waals surface area contributed by atoms with Gasteiger partial charge in [-0.15, -0.1) is 0 Å². The lowest BCUT2D eigenvalue weighted by Crippen LogP contribution is -2.26. The Bertz CT molecular complexity index is 909. The van der Waals surface area contributed by atoms with E-state index in [1.807, 2.05) is 13.0 Å². The molecule has 2 aromatic rings. The highest BCUT2D eigenvalue weighted by Crippen LogP contribution is 2.36. The molecule has 1 amide bonds.